The molecular formula is C29H37N3O7. The van der Waals surface area contributed by atoms with Gasteiger partial charge in [-0.1, -0.05) is 25.0 Å². The zero-order valence-electron chi connectivity index (χ0n) is 23.2. The summed E-state index contributed by atoms with van der Waals surface area (Å²) < 4.78 is 0. The largest absolute Gasteiger partial charge is 0.510 e. The molecule has 1 amide bonds. The molecule has 4 rings (SSSR count). The fourth-order valence-corrected chi connectivity index (χ4v) is 6.56. The van der Waals surface area contributed by atoms with Crippen LogP contribution in [0.1, 0.15) is 54.6 Å². The summed E-state index contributed by atoms with van der Waals surface area (Å²) in [4.78, 5) is 43.0. The monoisotopic (exact) mass is 539 g/mol. The minimum absolute atomic E-state index is 0.0116. The third kappa shape index (κ3) is 4.13. The van der Waals surface area contributed by atoms with Gasteiger partial charge in [0.05, 0.1) is 11.6 Å². The van der Waals surface area contributed by atoms with Crippen LogP contribution in [-0.2, 0) is 16.0 Å². The highest BCUT2D eigenvalue weighted by atomic mass is 16.3. The quantitative estimate of drug-likeness (QED) is 0.341. The van der Waals surface area contributed by atoms with Crippen LogP contribution < -0.4 is 10.6 Å². The minimum atomic E-state index is -2.65. The molecule has 0 bridgehead atoms. The predicted octanol–water partition coefficient (Wildman–Crippen LogP) is 2.39. The number of aromatic hydroxyl groups is 1. The van der Waals surface area contributed by atoms with Crippen molar-refractivity contribution in [2.45, 2.75) is 51.2 Å². The first-order valence-electron chi connectivity index (χ1n) is 13.1. The topological polar surface area (TPSA) is 165 Å². The van der Waals surface area contributed by atoms with E-state index in [1.165, 1.54) is 4.90 Å². The first-order valence-corrected chi connectivity index (χ1v) is 13.1. The molecule has 1 aromatic carbocycles. The molecule has 1 aromatic rings. The van der Waals surface area contributed by atoms with Crippen molar-refractivity contribution in [3.05, 3.63) is 51.0 Å². The summed E-state index contributed by atoms with van der Waals surface area (Å²) in [6.45, 7) is 3.98. The average Bonchev–Trinajstić information content (AvgIpc) is 2.82. The molecule has 10 heteroatoms. The van der Waals surface area contributed by atoms with Gasteiger partial charge < -0.3 is 31.1 Å². The number of ketones is 2. The van der Waals surface area contributed by atoms with Gasteiger partial charge >= 0.3 is 0 Å². The number of aliphatic hydroxyl groups is 3. The average molecular weight is 540 g/mol. The van der Waals surface area contributed by atoms with Crippen LogP contribution >= 0.6 is 0 Å². The van der Waals surface area contributed by atoms with Crippen LogP contribution in [0.4, 0.5) is 5.69 Å². The first-order chi connectivity index (χ1) is 18.2. The maximum atomic E-state index is 14.0. The SMILES string of the molecule is CCC/C(C)=C\c1cc(N(C)C)c2c(c1O)C(=O)C1=C(O)[C@]3(O)C(=O)C(C(N)=O)=C(O)[C@@H](N(C)C)[C@@H]3C[C@@H]1C2. The highest BCUT2D eigenvalue weighted by Crippen LogP contribution is 2.53. The van der Waals surface area contributed by atoms with Crippen molar-refractivity contribution in [2.75, 3.05) is 33.1 Å². The van der Waals surface area contributed by atoms with Gasteiger partial charge in [0.25, 0.3) is 5.91 Å². The number of phenols is 1. The molecule has 0 radical (unpaired) electrons. The first kappa shape index (κ1) is 28.4. The highest BCUT2D eigenvalue weighted by molar-refractivity contribution is 6.25. The molecule has 3 aliphatic rings. The van der Waals surface area contributed by atoms with Crippen LogP contribution in [0.25, 0.3) is 6.08 Å². The molecule has 10 nitrogen and oxygen atoms in total. The second-order valence-corrected chi connectivity index (χ2v) is 11.3. The summed E-state index contributed by atoms with van der Waals surface area (Å²) in [5.74, 6) is -6.54. The van der Waals surface area contributed by atoms with Crippen LogP contribution in [0, 0.1) is 11.8 Å². The summed E-state index contributed by atoms with van der Waals surface area (Å²) in [7, 11) is 6.88. The Hall–Kier alpha value is -3.63. The lowest BCUT2D eigenvalue weighted by molar-refractivity contribution is -0.148. The van der Waals surface area contributed by atoms with E-state index in [1.807, 2.05) is 45.0 Å². The van der Waals surface area contributed by atoms with Crippen LogP contribution in [0.3, 0.4) is 0 Å². The van der Waals surface area contributed by atoms with Gasteiger partial charge in [-0.3, -0.25) is 19.3 Å². The van der Waals surface area contributed by atoms with Crippen molar-refractivity contribution in [1.82, 2.24) is 4.90 Å². The van der Waals surface area contributed by atoms with E-state index >= 15 is 0 Å². The normalized spacial score (nSPS) is 27.0. The van der Waals surface area contributed by atoms with Gasteiger partial charge in [-0.05, 0) is 57.8 Å². The number of allylic oxidation sites excluding steroid dienone is 2. The lowest BCUT2D eigenvalue weighted by Gasteiger charge is -2.50. The standard InChI is InChI=1S/C29H37N3O7/c1-7-8-13(2)9-15-12-18(31(3)4)16-10-14-11-17-22(32(5)6)25(35)21(28(30)38)27(37)29(17,39)26(36)19(14)24(34)20(16)23(15)33/h9,12,14,17,22,33,35-36,39H,7-8,10-11H2,1-6H3,(H2,30,38)/b13-9-/t14-,17-,22-,29-/m0/s1. The smallest absolute Gasteiger partial charge is 0.255 e. The number of primary amides is 1. The fourth-order valence-electron chi connectivity index (χ4n) is 6.56. The maximum Gasteiger partial charge on any atom is 0.255 e. The number of carbonyl (C=O) groups is 3. The lowest BCUT2D eigenvalue weighted by atomic mass is 9.58. The summed E-state index contributed by atoms with van der Waals surface area (Å²) in [6, 6.07) is 0.806. The van der Waals surface area contributed by atoms with E-state index in [4.69, 9.17) is 5.73 Å². The second kappa shape index (κ2) is 9.84. The van der Waals surface area contributed by atoms with Crippen molar-refractivity contribution in [3.8, 4) is 5.75 Å². The summed E-state index contributed by atoms with van der Waals surface area (Å²) in [5, 5.41) is 45.4. The fraction of sp³-hybridized carbons (Fsp3) is 0.483. The van der Waals surface area contributed by atoms with E-state index < -0.39 is 58.0 Å². The number of likely N-dealkylation sites (N-methyl/N-ethyl adjacent to an activating group) is 1. The molecule has 0 aliphatic heterocycles. The minimum Gasteiger partial charge on any atom is -0.510 e. The van der Waals surface area contributed by atoms with E-state index in [-0.39, 0.29) is 29.7 Å². The third-order valence-electron chi connectivity index (χ3n) is 8.26. The molecule has 39 heavy (non-hydrogen) atoms. The molecule has 210 valence electrons. The number of amides is 1. The van der Waals surface area contributed by atoms with Gasteiger partial charge in [-0.2, -0.15) is 0 Å². The van der Waals surface area contributed by atoms with Crippen molar-refractivity contribution in [2.24, 2.45) is 17.6 Å². The Morgan fingerprint density at radius 3 is 2.36 bits per heavy atom. The van der Waals surface area contributed by atoms with Crippen LogP contribution in [-0.4, -0.2) is 82.6 Å². The Morgan fingerprint density at radius 2 is 1.82 bits per heavy atom. The number of phenolic OH excluding ortho intramolecular Hbond substituents is 1. The summed E-state index contributed by atoms with van der Waals surface area (Å²) >= 11 is 0. The molecule has 0 fully saturated rings. The third-order valence-corrected chi connectivity index (χ3v) is 8.26. The highest BCUT2D eigenvalue weighted by Gasteiger charge is 2.63. The lowest BCUT2D eigenvalue weighted by Crippen LogP contribution is -2.63. The van der Waals surface area contributed by atoms with E-state index in [1.54, 1.807) is 14.1 Å². The maximum absolute atomic E-state index is 14.0. The molecule has 0 unspecified atom stereocenters. The van der Waals surface area contributed by atoms with Gasteiger partial charge in [0, 0.05) is 36.8 Å². The number of Topliss-reactive ketones (excluding diaryl/α,β-unsaturated/α-hetero) is 2. The van der Waals surface area contributed by atoms with E-state index in [0.29, 0.717) is 11.1 Å². The number of nitrogens with zero attached hydrogens (tertiary/aromatic N) is 2. The molecule has 0 aromatic heterocycles. The van der Waals surface area contributed by atoms with Crippen molar-refractivity contribution in [1.29, 1.82) is 0 Å². The molecule has 6 N–H and O–H groups in total. The number of carbonyl (C=O) groups excluding carboxylic acids is 3. The summed E-state index contributed by atoms with van der Waals surface area (Å²) in [5.41, 5.74) is 4.56. The second-order valence-electron chi connectivity index (χ2n) is 11.3. The zero-order chi connectivity index (χ0) is 29.1. The molecule has 0 saturated carbocycles. The Kier molecular flexibility index (Phi) is 7.16. The molecule has 3 aliphatic carbocycles. The number of nitrogens with two attached hydrogens (primary N) is 1. The zero-order valence-corrected chi connectivity index (χ0v) is 23.2. The molecular weight excluding hydrogens is 502 g/mol. The van der Waals surface area contributed by atoms with Gasteiger partial charge in [-0.25, -0.2) is 0 Å². The van der Waals surface area contributed by atoms with Gasteiger partial charge in [-0.15, -0.1) is 0 Å². The molecule has 0 spiro atoms. The van der Waals surface area contributed by atoms with Crippen molar-refractivity contribution < 1.29 is 34.8 Å². The molecule has 4 atom stereocenters. The van der Waals surface area contributed by atoms with E-state index in [2.05, 4.69) is 0 Å². The number of aliphatic hydroxyl groups excluding tert-OH is 2. The number of anilines is 1. The Morgan fingerprint density at radius 1 is 1.18 bits per heavy atom. The Balaban J connectivity index is 1.98. The number of hydrogen-bond acceptors (Lipinski definition) is 9. The Bertz CT molecular complexity index is 1370. The van der Waals surface area contributed by atoms with Gasteiger partial charge in [0.1, 0.15) is 22.8 Å². The van der Waals surface area contributed by atoms with Crippen molar-refractivity contribution >= 4 is 29.2 Å². The number of hydrogen-bond donors (Lipinski definition) is 5. The number of benzene rings is 1. The van der Waals surface area contributed by atoms with E-state index in [0.717, 1.165) is 24.1 Å². The van der Waals surface area contributed by atoms with Crippen LogP contribution in [0.5, 0.6) is 5.75 Å². The molecule has 0 saturated heterocycles. The predicted molar refractivity (Wildman–Crippen MR) is 147 cm³/mol. The van der Waals surface area contributed by atoms with Crippen LogP contribution in [0.15, 0.2) is 34.3 Å². The molecule has 0 heterocycles. The number of fused-ring (bicyclic) bond motifs is 3. The van der Waals surface area contributed by atoms with Gasteiger partial charge in [0.2, 0.25) is 5.78 Å². The Labute approximate surface area is 227 Å². The van der Waals surface area contributed by atoms with Crippen molar-refractivity contribution in [3.63, 3.8) is 0 Å². The summed E-state index contributed by atoms with van der Waals surface area (Å²) in [6.07, 6.45) is 3.84. The van der Waals surface area contributed by atoms with E-state index in [9.17, 15) is 34.8 Å². The van der Waals surface area contributed by atoms with Gasteiger partial charge in [0.15, 0.2) is 11.4 Å². The number of rotatable bonds is 6. The van der Waals surface area contributed by atoms with Crippen LogP contribution in [0.2, 0.25) is 0 Å².